The van der Waals surface area contributed by atoms with Crippen molar-refractivity contribution in [1.29, 1.82) is 0 Å². The zero-order chi connectivity index (χ0) is 21.7. The molecule has 1 aliphatic rings. The van der Waals surface area contributed by atoms with Gasteiger partial charge in [0, 0.05) is 24.1 Å². The Kier molecular flexibility index (Phi) is 7.55. The van der Waals surface area contributed by atoms with Crippen LogP contribution in [0.1, 0.15) is 37.0 Å². The third-order valence-electron chi connectivity index (χ3n) is 5.06. The van der Waals surface area contributed by atoms with E-state index >= 15 is 0 Å². The normalized spacial score (nSPS) is 15.9. The molecule has 1 aliphatic heterocycles. The Hall–Kier alpha value is -1.90. The molecule has 1 N–H and O–H groups in total. The van der Waals surface area contributed by atoms with Crippen molar-refractivity contribution in [2.24, 2.45) is 5.92 Å². The Morgan fingerprint density at radius 2 is 1.83 bits per heavy atom. The van der Waals surface area contributed by atoms with E-state index in [1.54, 1.807) is 42.5 Å². The first kappa shape index (κ1) is 22.8. The molecule has 0 bridgehead atoms. The first-order chi connectivity index (χ1) is 14.3. The van der Waals surface area contributed by atoms with Gasteiger partial charge in [-0.15, -0.1) is 0 Å². The number of nitrogens with zero attached hydrogens (tertiary/aromatic N) is 1. The zero-order valence-corrected chi connectivity index (χ0v) is 19.6. The van der Waals surface area contributed by atoms with Crippen molar-refractivity contribution in [2.75, 3.05) is 19.6 Å². The standard InChI is InChI=1S/C22H27BrN2O4S/c1-16(2)29-21-14-18(23)8-9-20(21)22(26)24-15-17-10-12-25(13-11-17)30(27,28)19-6-4-3-5-7-19/h3-9,14,16-17H,10-13,15H2,1-2H3,(H,24,26). The lowest BCUT2D eigenvalue weighted by Gasteiger charge is -2.31. The van der Waals surface area contributed by atoms with Crippen molar-refractivity contribution in [3.05, 3.63) is 58.6 Å². The van der Waals surface area contributed by atoms with Gasteiger partial charge in [-0.25, -0.2) is 8.42 Å². The summed E-state index contributed by atoms with van der Waals surface area (Å²) in [5.74, 6) is 0.597. The number of piperidine rings is 1. The number of benzene rings is 2. The van der Waals surface area contributed by atoms with Crippen LogP contribution < -0.4 is 10.1 Å². The van der Waals surface area contributed by atoms with Crippen LogP contribution in [0.2, 0.25) is 0 Å². The van der Waals surface area contributed by atoms with Gasteiger partial charge in [-0.05, 0) is 62.9 Å². The molecule has 0 aliphatic carbocycles. The molecule has 0 spiro atoms. The second kappa shape index (κ2) is 9.94. The van der Waals surface area contributed by atoms with E-state index in [-0.39, 0.29) is 17.9 Å². The molecule has 2 aromatic carbocycles. The Bertz CT molecular complexity index is 972. The van der Waals surface area contributed by atoms with Crippen LogP contribution in [0.3, 0.4) is 0 Å². The summed E-state index contributed by atoms with van der Waals surface area (Å²) in [6, 6.07) is 13.9. The average Bonchev–Trinajstić information content (AvgIpc) is 2.72. The van der Waals surface area contributed by atoms with E-state index in [0.717, 1.165) is 4.47 Å². The highest BCUT2D eigenvalue weighted by atomic mass is 79.9. The van der Waals surface area contributed by atoms with Gasteiger partial charge < -0.3 is 10.1 Å². The van der Waals surface area contributed by atoms with E-state index in [1.165, 1.54) is 4.31 Å². The Morgan fingerprint density at radius 1 is 1.17 bits per heavy atom. The zero-order valence-electron chi connectivity index (χ0n) is 17.2. The predicted octanol–water partition coefficient (Wildman–Crippen LogP) is 4.07. The lowest BCUT2D eigenvalue weighted by Crippen LogP contribution is -2.41. The first-order valence-electron chi connectivity index (χ1n) is 10.1. The fourth-order valence-corrected chi connectivity index (χ4v) is 5.29. The fraction of sp³-hybridized carbons (Fsp3) is 0.409. The number of hydrogen-bond acceptors (Lipinski definition) is 4. The summed E-state index contributed by atoms with van der Waals surface area (Å²) < 4.78 is 33.6. The van der Waals surface area contributed by atoms with Crippen molar-refractivity contribution < 1.29 is 17.9 Å². The molecule has 0 atom stereocenters. The van der Waals surface area contributed by atoms with Gasteiger partial charge in [0.25, 0.3) is 5.91 Å². The second-order valence-corrected chi connectivity index (χ2v) is 10.5. The summed E-state index contributed by atoms with van der Waals surface area (Å²) in [5, 5.41) is 2.98. The molecule has 1 amide bonds. The van der Waals surface area contributed by atoms with E-state index < -0.39 is 10.0 Å². The molecule has 0 aromatic heterocycles. The third kappa shape index (κ3) is 5.62. The highest BCUT2D eigenvalue weighted by molar-refractivity contribution is 9.10. The topological polar surface area (TPSA) is 75.7 Å². The summed E-state index contributed by atoms with van der Waals surface area (Å²) in [6.07, 6.45) is 1.38. The van der Waals surface area contributed by atoms with E-state index in [2.05, 4.69) is 21.2 Å². The van der Waals surface area contributed by atoms with Crippen LogP contribution in [0, 0.1) is 5.92 Å². The molecule has 0 saturated carbocycles. The molecule has 2 aromatic rings. The summed E-state index contributed by atoms with van der Waals surface area (Å²) in [4.78, 5) is 13.0. The fourth-order valence-electron chi connectivity index (χ4n) is 3.46. The summed E-state index contributed by atoms with van der Waals surface area (Å²) in [5.41, 5.74) is 0.496. The van der Waals surface area contributed by atoms with Crippen molar-refractivity contribution in [1.82, 2.24) is 9.62 Å². The molecule has 0 unspecified atom stereocenters. The highest BCUT2D eigenvalue weighted by Gasteiger charge is 2.29. The second-order valence-electron chi connectivity index (χ2n) is 7.68. The lowest BCUT2D eigenvalue weighted by atomic mass is 9.98. The lowest BCUT2D eigenvalue weighted by molar-refractivity contribution is 0.0935. The first-order valence-corrected chi connectivity index (χ1v) is 12.3. The SMILES string of the molecule is CC(C)Oc1cc(Br)ccc1C(=O)NCC1CCN(S(=O)(=O)c2ccccc2)CC1. The van der Waals surface area contributed by atoms with Gasteiger partial charge in [-0.1, -0.05) is 34.1 Å². The van der Waals surface area contributed by atoms with Crippen LogP contribution in [-0.2, 0) is 10.0 Å². The molecule has 1 saturated heterocycles. The van der Waals surface area contributed by atoms with Crippen LogP contribution in [-0.4, -0.2) is 44.4 Å². The smallest absolute Gasteiger partial charge is 0.255 e. The number of carbonyl (C=O) groups excluding carboxylic acids is 1. The molecule has 0 radical (unpaired) electrons. The molecule has 1 fully saturated rings. The van der Waals surface area contributed by atoms with E-state index in [9.17, 15) is 13.2 Å². The van der Waals surface area contributed by atoms with Crippen molar-refractivity contribution in [2.45, 2.75) is 37.7 Å². The summed E-state index contributed by atoms with van der Waals surface area (Å²) >= 11 is 3.41. The Labute approximate surface area is 186 Å². The number of nitrogens with one attached hydrogen (secondary N) is 1. The van der Waals surface area contributed by atoms with Crippen molar-refractivity contribution in [3.8, 4) is 5.75 Å². The number of hydrogen-bond donors (Lipinski definition) is 1. The molecule has 3 rings (SSSR count). The third-order valence-corrected chi connectivity index (χ3v) is 7.46. The van der Waals surface area contributed by atoms with Gasteiger partial charge in [0.2, 0.25) is 10.0 Å². The van der Waals surface area contributed by atoms with E-state index in [1.807, 2.05) is 19.9 Å². The van der Waals surface area contributed by atoms with Gasteiger partial charge in [-0.2, -0.15) is 4.31 Å². The van der Waals surface area contributed by atoms with E-state index in [4.69, 9.17) is 4.74 Å². The minimum atomic E-state index is -3.46. The maximum Gasteiger partial charge on any atom is 0.255 e. The molecule has 8 heteroatoms. The number of sulfonamides is 1. The van der Waals surface area contributed by atoms with Crippen LogP contribution in [0.4, 0.5) is 0 Å². The van der Waals surface area contributed by atoms with Crippen LogP contribution in [0.25, 0.3) is 0 Å². The number of amides is 1. The number of ether oxygens (including phenoxy) is 1. The van der Waals surface area contributed by atoms with Crippen molar-refractivity contribution >= 4 is 31.9 Å². The minimum Gasteiger partial charge on any atom is -0.490 e. The van der Waals surface area contributed by atoms with Crippen molar-refractivity contribution in [3.63, 3.8) is 0 Å². The van der Waals surface area contributed by atoms with Gasteiger partial charge in [-0.3, -0.25) is 4.79 Å². The average molecular weight is 495 g/mol. The molecule has 6 nitrogen and oxygen atoms in total. The van der Waals surface area contributed by atoms with Gasteiger partial charge in [0.1, 0.15) is 5.75 Å². The Morgan fingerprint density at radius 3 is 2.47 bits per heavy atom. The maximum absolute atomic E-state index is 12.7. The number of carbonyl (C=O) groups is 1. The minimum absolute atomic E-state index is 0.0401. The maximum atomic E-state index is 12.7. The highest BCUT2D eigenvalue weighted by Crippen LogP contribution is 2.26. The van der Waals surface area contributed by atoms with Gasteiger partial charge in [0.15, 0.2) is 0 Å². The molecule has 162 valence electrons. The molecule has 30 heavy (non-hydrogen) atoms. The quantitative estimate of drug-likeness (QED) is 0.629. The molecule has 1 heterocycles. The van der Waals surface area contributed by atoms with Gasteiger partial charge in [0.05, 0.1) is 16.6 Å². The van der Waals surface area contributed by atoms with Crippen LogP contribution >= 0.6 is 15.9 Å². The van der Waals surface area contributed by atoms with Crippen LogP contribution in [0.5, 0.6) is 5.75 Å². The van der Waals surface area contributed by atoms with Gasteiger partial charge >= 0.3 is 0 Å². The molecular formula is C22H27BrN2O4S. The van der Waals surface area contributed by atoms with E-state index in [0.29, 0.717) is 48.7 Å². The largest absolute Gasteiger partial charge is 0.490 e. The van der Waals surface area contributed by atoms with Crippen LogP contribution in [0.15, 0.2) is 57.9 Å². The Balaban J connectivity index is 1.56. The number of halogens is 1. The summed E-state index contributed by atoms with van der Waals surface area (Å²) in [6.45, 7) is 5.25. The number of rotatable bonds is 7. The summed E-state index contributed by atoms with van der Waals surface area (Å²) in [7, 11) is -3.46. The monoisotopic (exact) mass is 494 g/mol. The predicted molar refractivity (Wildman–Crippen MR) is 120 cm³/mol. The molecular weight excluding hydrogens is 468 g/mol.